The van der Waals surface area contributed by atoms with E-state index < -0.39 is 6.10 Å². The third kappa shape index (κ3) is 3.37. The molecule has 1 unspecified atom stereocenters. The molecule has 5 nitrogen and oxygen atoms in total. The number of anilines is 2. The Morgan fingerprint density at radius 3 is 2.86 bits per heavy atom. The van der Waals surface area contributed by atoms with Gasteiger partial charge in [-0.2, -0.15) is 0 Å². The molecule has 0 bridgehead atoms. The molecule has 0 saturated carbocycles. The number of rotatable bonds is 4. The van der Waals surface area contributed by atoms with Crippen LogP contribution in [0.3, 0.4) is 0 Å². The number of aliphatic hydroxyl groups excluding tert-OH is 2. The molecule has 0 fully saturated rings. The Labute approximate surface area is 86.5 Å². The van der Waals surface area contributed by atoms with Crippen LogP contribution in [0.5, 0.6) is 0 Å². The largest absolute Gasteiger partial charge is 0.399 e. The number of pyridine rings is 1. The van der Waals surface area contributed by atoms with E-state index in [4.69, 9.17) is 27.5 Å². The Bertz CT molecular complexity index is 288. The number of hydrogen-bond acceptors (Lipinski definition) is 5. The van der Waals surface area contributed by atoms with Crippen LogP contribution in [0.4, 0.5) is 11.5 Å². The number of nitrogen functional groups attached to an aromatic ring is 1. The van der Waals surface area contributed by atoms with Crippen LogP contribution < -0.4 is 11.1 Å². The van der Waals surface area contributed by atoms with E-state index in [9.17, 15) is 0 Å². The van der Waals surface area contributed by atoms with Crippen molar-refractivity contribution in [3.05, 3.63) is 17.3 Å². The van der Waals surface area contributed by atoms with E-state index in [-0.39, 0.29) is 18.3 Å². The molecule has 1 rings (SSSR count). The fraction of sp³-hybridized carbons (Fsp3) is 0.375. The summed E-state index contributed by atoms with van der Waals surface area (Å²) in [6.07, 6.45) is -0.822. The average Bonchev–Trinajstić information content (AvgIpc) is 2.12. The molecule has 0 radical (unpaired) electrons. The quantitative estimate of drug-likeness (QED) is 0.537. The van der Waals surface area contributed by atoms with Crippen molar-refractivity contribution in [2.75, 3.05) is 24.2 Å². The van der Waals surface area contributed by atoms with Crippen LogP contribution in [0.25, 0.3) is 0 Å². The molecule has 0 spiro atoms. The molecule has 0 aliphatic carbocycles. The van der Waals surface area contributed by atoms with E-state index in [1.54, 1.807) is 6.07 Å². The Morgan fingerprint density at radius 1 is 1.57 bits per heavy atom. The first-order valence-electron chi connectivity index (χ1n) is 4.07. The summed E-state index contributed by atoms with van der Waals surface area (Å²) in [5.41, 5.74) is 6.01. The first kappa shape index (κ1) is 11.0. The Balaban J connectivity index is 2.58. The predicted octanol–water partition coefficient (Wildman–Crippen LogP) is 0.0823. The van der Waals surface area contributed by atoms with Gasteiger partial charge < -0.3 is 21.3 Å². The standard InChI is InChI=1S/C8H12ClN3O2/c9-7-1-5(10)2-8(12-7)11-3-6(14)4-13/h1-2,6,13-14H,3-4H2,(H3,10,11,12). The van der Waals surface area contributed by atoms with Gasteiger partial charge in [-0.25, -0.2) is 4.98 Å². The van der Waals surface area contributed by atoms with Crippen LogP contribution in [-0.4, -0.2) is 34.5 Å². The highest BCUT2D eigenvalue weighted by Crippen LogP contribution is 2.15. The Hall–Kier alpha value is -1.04. The number of halogens is 1. The lowest BCUT2D eigenvalue weighted by Gasteiger charge is -2.09. The number of nitrogens with two attached hydrogens (primary N) is 1. The molecule has 5 N–H and O–H groups in total. The summed E-state index contributed by atoms with van der Waals surface area (Å²) in [5, 5.41) is 20.7. The van der Waals surface area contributed by atoms with Gasteiger partial charge in [0.15, 0.2) is 0 Å². The van der Waals surface area contributed by atoms with E-state index >= 15 is 0 Å². The maximum Gasteiger partial charge on any atom is 0.133 e. The number of nitrogens with zero attached hydrogens (tertiary/aromatic N) is 1. The van der Waals surface area contributed by atoms with E-state index in [0.717, 1.165) is 0 Å². The highest BCUT2D eigenvalue weighted by molar-refractivity contribution is 6.29. The molecule has 14 heavy (non-hydrogen) atoms. The van der Waals surface area contributed by atoms with Crippen LogP contribution in [-0.2, 0) is 0 Å². The van der Waals surface area contributed by atoms with Gasteiger partial charge >= 0.3 is 0 Å². The summed E-state index contributed by atoms with van der Waals surface area (Å²) in [5.74, 6) is 0.475. The van der Waals surface area contributed by atoms with Gasteiger partial charge in [-0.3, -0.25) is 0 Å². The molecule has 0 saturated heterocycles. The average molecular weight is 218 g/mol. The van der Waals surface area contributed by atoms with Gasteiger partial charge in [-0.05, 0) is 6.07 Å². The van der Waals surface area contributed by atoms with Crippen LogP contribution in [0.15, 0.2) is 12.1 Å². The molecule has 1 atom stereocenters. The van der Waals surface area contributed by atoms with Crippen molar-refractivity contribution in [2.45, 2.75) is 6.10 Å². The second-order valence-corrected chi connectivity index (χ2v) is 3.21. The number of aromatic nitrogens is 1. The lowest BCUT2D eigenvalue weighted by atomic mass is 10.3. The summed E-state index contributed by atoms with van der Waals surface area (Å²) in [7, 11) is 0. The normalized spacial score (nSPS) is 12.5. The van der Waals surface area contributed by atoms with Crippen molar-refractivity contribution in [3.8, 4) is 0 Å². The molecule has 1 aromatic heterocycles. The van der Waals surface area contributed by atoms with E-state index in [2.05, 4.69) is 10.3 Å². The molecule has 1 heterocycles. The van der Waals surface area contributed by atoms with Crippen molar-refractivity contribution >= 4 is 23.1 Å². The second-order valence-electron chi connectivity index (χ2n) is 2.83. The minimum atomic E-state index is -0.822. The first-order valence-corrected chi connectivity index (χ1v) is 4.45. The van der Waals surface area contributed by atoms with Crippen LogP contribution >= 0.6 is 11.6 Å². The SMILES string of the molecule is Nc1cc(Cl)nc(NCC(O)CO)c1. The zero-order valence-electron chi connectivity index (χ0n) is 7.44. The highest BCUT2D eigenvalue weighted by atomic mass is 35.5. The number of hydrogen-bond donors (Lipinski definition) is 4. The van der Waals surface area contributed by atoms with Crippen molar-refractivity contribution in [1.29, 1.82) is 0 Å². The maximum atomic E-state index is 9.05. The summed E-state index contributed by atoms with van der Waals surface area (Å²) < 4.78 is 0. The fourth-order valence-electron chi connectivity index (χ4n) is 0.894. The van der Waals surface area contributed by atoms with Gasteiger partial charge in [0, 0.05) is 18.3 Å². The molecular formula is C8H12ClN3O2. The van der Waals surface area contributed by atoms with Crippen molar-refractivity contribution in [2.24, 2.45) is 0 Å². The van der Waals surface area contributed by atoms with Crippen LogP contribution in [0.2, 0.25) is 5.15 Å². The molecule has 0 aliphatic heterocycles. The summed E-state index contributed by atoms with van der Waals surface area (Å²) in [6, 6.07) is 3.12. The molecule has 1 aromatic rings. The third-order valence-corrected chi connectivity index (χ3v) is 1.74. The van der Waals surface area contributed by atoms with Crippen LogP contribution in [0, 0.1) is 0 Å². The zero-order valence-corrected chi connectivity index (χ0v) is 8.20. The van der Waals surface area contributed by atoms with Gasteiger partial charge in [0.25, 0.3) is 0 Å². The van der Waals surface area contributed by atoms with Crippen molar-refractivity contribution in [3.63, 3.8) is 0 Å². The summed E-state index contributed by atoms with van der Waals surface area (Å²) >= 11 is 5.66. The lowest BCUT2D eigenvalue weighted by Crippen LogP contribution is -2.23. The van der Waals surface area contributed by atoms with E-state index in [0.29, 0.717) is 11.5 Å². The fourth-order valence-corrected chi connectivity index (χ4v) is 1.11. The monoisotopic (exact) mass is 217 g/mol. The first-order chi connectivity index (χ1) is 6.61. The topological polar surface area (TPSA) is 91.4 Å². The third-order valence-electron chi connectivity index (χ3n) is 1.55. The van der Waals surface area contributed by atoms with E-state index in [1.165, 1.54) is 6.07 Å². The molecular weight excluding hydrogens is 206 g/mol. The van der Waals surface area contributed by atoms with Crippen molar-refractivity contribution in [1.82, 2.24) is 4.98 Å². The smallest absolute Gasteiger partial charge is 0.133 e. The minimum Gasteiger partial charge on any atom is -0.399 e. The molecule has 0 aliphatic rings. The van der Waals surface area contributed by atoms with Crippen LogP contribution in [0.1, 0.15) is 0 Å². The van der Waals surface area contributed by atoms with E-state index in [1.807, 2.05) is 0 Å². The Kier molecular flexibility index (Phi) is 3.94. The molecule has 0 amide bonds. The lowest BCUT2D eigenvalue weighted by molar-refractivity contribution is 0.105. The predicted molar refractivity (Wildman–Crippen MR) is 55.2 cm³/mol. The maximum absolute atomic E-state index is 9.05. The molecule has 78 valence electrons. The van der Waals surface area contributed by atoms with Gasteiger partial charge in [0.1, 0.15) is 11.0 Å². The highest BCUT2D eigenvalue weighted by Gasteiger charge is 2.03. The van der Waals surface area contributed by atoms with Gasteiger partial charge in [-0.15, -0.1) is 0 Å². The minimum absolute atomic E-state index is 0.198. The zero-order chi connectivity index (χ0) is 10.6. The van der Waals surface area contributed by atoms with Gasteiger partial charge in [-0.1, -0.05) is 11.6 Å². The number of aliphatic hydroxyl groups is 2. The number of nitrogens with one attached hydrogen (secondary N) is 1. The summed E-state index contributed by atoms with van der Waals surface area (Å²) in [4.78, 5) is 3.92. The van der Waals surface area contributed by atoms with Gasteiger partial charge in [0.05, 0.1) is 12.7 Å². The Morgan fingerprint density at radius 2 is 2.29 bits per heavy atom. The van der Waals surface area contributed by atoms with Crippen molar-refractivity contribution < 1.29 is 10.2 Å². The van der Waals surface area contributed by atoms with Gasteiger partial charge in [0.2, 0.25) is 0 Å². The summed E-state index contributed by atoms with van der Waals surface area (Å²) in [6.45, 7) is -0.105. The second kappa shape index (κ2) is 4.99. The molecule has 6 heteroatoms. The molecule has 0 aromatic carbocycles.